The molecule has 1 aliphatic heterocycles. The van der Waals surface area contributed by atoms with Gasteiger partial charge in [0.15, 0.2) is 0 Å². The Balaban J connectivity index is 2.20. The number of rotatable bonds is 2. The second kappa shape index (κ2) is 5.67. The van der Waals surface area contributed by atoms with Gasteiger partial charge in [0.05, 0.1) is 5.56 Å². The van der Waals surface area contributed by atoms with Crippen LogP contribution in [0.3, 0.4) is 0 Å². The molecule has 0 spiro atoms. The van der Waals surface area contributed by atoms with Crippen molar-refractivity contribution in [3.8, 4) is 0 Å². The first-order chi connectivity index (χ1) is 9.72. The molecule has 0 aliphatic carbocycles. The maximum atomic E-state index is 12.7. The van der Waals surface area contributed by atoms with Gasteiger partial charge in [0.1, 0.15) is 0 Å². The van der Waals surface area contributed by atoms with Gasteiger partial charge in [-0.2, -0.15) is 13.2 Å². The van der Waals surface area contributed by atoms with Crippen molar-refractivity contribution in [3.05, 3.63) is 29.3 Å². The Morgan fingerprint density at radius 2 is 1.90 bits per heavy atom. The van der Waals surface area contributed by atoms with E-state index in [0.29, 0.717) is 18.4 Å². The molecule has 6 heteroatoms. The largest absolute Gasteiger partial charge is 0.416 e. The zero-order valence-electron chi connectivity index (χ0n) is 12.1. The van der Waals surface area contributed by atoms with Crippen LogP contribution in [0.25, 0.3) is 0 Å². The maximum absolute atomic E-state index is 12.7. The number of alkyl halides is 3. The minimum absolute atomic E-state index is 0.216. The van der Waals surface area contributed by atoms with Crippen LogP contribution in [0.4, 0.5) is 18.9 Å². The summed E-state index contributed by atoms with van der Waals surface area (Å²) in [6.07, 6.45) is -3.06. The zero-order valence-corrected chi connectivity index (χ0v) is 12.1. The van der Waals surface area contributed by atoms with Gasteiger partial charge in [0.2, 0.25) is 5.91 Å². The number of amides is 1. The number of halogens is 3. The smallest absolute Gasteiger partial charge is 0.325 e. The molecule has 2 rings (SSSR count). The Bertz CT molecular complexity index is 534. The number of hydrogen-bond acceptors (Lipinski definition) is 2. The van der Waals surface area contributed by atoms with Crippen molar-refractivity contribution in [2.75, 3.05) is 18.4 Å². The molecule has 1 heterocycles. The van der Waals surface area contributed by atoms with E-state index in [0.717, 1.165) is 25.2 Å². The topological polar surface area (TPSA) is 41.1 Å². The Labute approximate surface area is 121 Å². The summed E-state index contributed by atoms with van der Waals surface area (Å²) in [4.78, 5) is 12.4. The van der Waals surface area contributed by atoms with Crippen molar-refractivity contribution in [3.63, 3.8) is 0 Å². The summed E-state index contributed by atoms with van der Waals surface area (Å²) in [5.74, 6) is -0.216. The van der Waals surface area contributed by atoms with Gasteiger partial charge in [-0.15, -0.1) is 0 Å². The molecule has 0 unspecified atom stereocenters. The van der Waals surface area contributed by atoms with Gasteiger partial charge in [-0.25, -0.2) is 0 Å². The van der Waals surface area contributed by atoms with Crippen LogP contribution in [0.2, 0.25) is 0 Å². The Kier molecular flexibility index (Phi) is 4.27. The summed E-state index contributed by atoms with van der Waals surface area (Å²) in [6.45, 7) is 5.02. The highest BCUT2D eigenvalue weighted by atomic mass is 19.4. The monoisotopic (exact) mass is 300 g/mol. The van der Waals surface area contributed by atoms with Gasteiger partial charge in [0.25, 0.3) is 0 Å². The Morgan fingerprint density at radius 1 is 1.29 bits per heavy atom. The van der Waals surface area contributed by atoms with E-state index in [2.05, 4.69) is 10.6 Å². The standard InChI is InChI=1S/C15H19F3N2O/c1-10-3-4-11(15(16,17)18)9-12(10)20-13(21)14(2)5-7-19-8-6-14/h3-4,9,19H,5-8H2,1-2H3,(H,20,21). The molecule has 116 valence electrons. The van der Waals surface area contributed by atoms with E-state index in [1.165, 1.54) is 6.07 Å². The lowest BCUT2D eigenvalue weighted by atomic mass is 9.80. The van der Waals surface area contributed by atoms with Crippen molar-refractivity contribution in [2.24, 2.45) is 5.41 Å². The van der Waals surface area contributed by atoms with Gasteiger partial charge >= 0.3 is 6.18 Å². The van der Waals surface area contributed by atoms with Crippen LogP contribution < -0.4 is 10.6 Å². The van der Waals surface area contributed by atoms with Gasteiger partial charge < -0.3 is 10.6 Å². The number of aryl methyl sites for hydroxylation is 1. The molecule has 21 heavy (non-hydrogen) atoms. The number of anilines is 1. The second-order valence-electron chi connectivity index (χ2n) is 5.79. The Morgan fingerprint density at radius 3 is 2.48 bits per heavy atom. The summed E-state index contributed by atoms with van der Waals surface area (Å²) in [5, 5.41) is 5.84. The number of carbonyl (C=O) groups is 1. The van der Waals surface area contributed by atoms with E-state index in [1.807, 2.05) is 6.92 Å². The first-order valence-corrected chi connectivity index (χ1v) is 6.92. The fraction of sp³-hybridized carbons (Fsp3) is 0.533. The molecular formula is C15H19F3N2O. The fourth-order valence-electron chi connectivity index (χ4n) is 2.41. The summed E-state index contributed by atoms with van der Waals surface area (Å²) in [5.41, 5.74) is -0.436. The third kappa shape index (κ3) is 3.56. The molecule has 0 radical (unpaired) electrons. The third-order valence-electron chi connectivity index (χ3n) is 4.07. The average molecular weight is 300 g/mol. The molecule has 0 bridgehead atoms. The van der Waals surface area contributed by atoms with Crippen LogP contribution in [0, 0.1) is 12.3 Å². The molecule has 1 aromatic rings. The first kappa shape index (κ1) is 15.8. The Hall–Kier alpha value is -1.56. The SMILES string of the molecule is Cc1ccc(C(F)(F)F)cc1NC(=O)C1(C)CCNCC1. The predicted molar refractivity (Wildman–Crippen MR) is 75.0 cm³/mol. The lowest BCUT2D eigenvalue weighted by molar-refractivity contribution is -0.137. The van der Waals surface area contributed by atoms with Gasteiger partial charge in [-0.05, 0) is 50.6 Å². The number of carbonyl (C=O) groups excluding carboxylic acids is 1. The highest BCUT2D eigenvalue weighted by Crippen LogP contribution is 2.34. The molecule has 2 N–H and O–H groups in total. The van der Waals surface area contributed by atoms with Crippen LogP contribution >= 0.6 is 0 Å². The summed E-state index contributed by atoms with van der Waals surface area (Å²) in [6, 6.07) is 3.40. The lowest BCUT2D eigenvalue weighted by Gasteiger charge is -2.32. The first-order valence-electron chi connectivity index (χ1n) is 6.92. The normalized spacial score (nSPS) is 18.3. The molecule has 0 saturated carbocycles. The molecule has 0 aromatic heterocycles. The molecule has 1 amide bonds. The quantitative estimate of drug-likeness (QED) is 0.879. The molecular weight excluding hydrogens is 281 g/mol. The van der Waals surface area contributed by atoms with Crippen LogP contribution in [-0.2, 0) is 11.0 Å². The van der Waals surface area contributed by atoms with E-state index in [1.54, 1.807) is 6.92 Å². The lowest BCUT2D eigenvalue weighted by Crippen LogP contribution is -2.42. The molecule has 3 nitrogen and oxygen atoms in total. The summed E-state index contributed by atoms with van der Waals surface area (Å²) in [7, 11) is 0. The molecule has 1 saturated heterocycles. The minimum Gasteiger partial charge on any atom is -0.325 e. The van der Waals surface area contributed by atoms with Gasteiger partial charge in [0, 0.05) is 11.1 Å². The maximum Gasteiger partial charge on any atom is 0.416 e. The van der Waals surface area contributed by atoms with Crippen LogP contribution in [0.1, 0.15) is 30.9 Å². The fourth-order valence-corrected chi connectivity index (χ4v) is 2.41. The van der Waals surface area contributed by atoms with Gasteiger partial charge in [-0.1, -0.05) is 13.0 Å². The van der Waals surface area contributed by atoms with E-state index in [9.17, 15) is 18.0 Å². The van der Waals surface area contributed by atoms with Crippen molar-refractivity contribution >= 4 is 11.6 Å². The third-order valence-corrected chi connectivity index (χ3v) is 4.07. The van der Waals surface area contributed by atoms with Crippen LogP contribution in [0.15, 0.2) is 18.2 Å². The van der Waals surface area contributed by atoms with Gasteiger partial charge in [-0.3, -0.25) is 4.79 Å². The van der Waals surface area contributed by atoms with Crippen LogP contribution in [0.5, 0.6) is 0 Å². The number of hydrogen-bond donors (Lipinski definition) is 2. The minimum atomic E-state index is -4.41. The predicted octanol–water partition coefficient (Wildman–Crippen LogP) is 3.34. The second-order valence-corrected chi connectivity index (χ2v) is 5.79. The van der Waals surface area contributed by atoms with E-state index in [-0.39, 0.29) is 11.6 Å². The van der Waals surface area contributed by atoms with Crippen molar-refractivity contribution in [2.45, 2.75) is 32.9 Å². The molecule has 0 atom stereocenters. The van der Waals surface area contributed by atoms with Crippen molar-refractivity contribution < 1.29 is 18.0 Å². The van der Waals surface area contributed by atoms with E-state index in [4.69, 9.17) is 0 Å². The number of nitrogens with one attached hydrogen (secondary N) is 2. The summed E-state index contributed by atoms with van der Waals surface area (Å²) >= 11 is 0. The average Bonchev–Trinajstić information content (AvgIpc) is 2.40. The van der Waals surface area contributed by atoms with Crippen molar-refractivity contribution in [1.29, 1.82) is 0 Å². The van der Waals surface area contributed by atoms with Crippen LogP contribution in [-0.4, -0.2) is 19.0 Å². The highest BCUT2D eigenvalue weighted by molar-refractivity contribution is 5.95. The highest BCUT2D eigenvalue weighted by Gasteiger charge is 2.35. The molecule has 1 aliphatic rings. The number of benzene rings is 1. The van der Waals surface area contributed by atoms with Crippen molar-refractivity contribution in [1.82, 2.24) is 5.32 Å². The molecule has 1 fully saturated rings. The zero-order chi connectivity index (χ0) is 15.7. The number of piperidine rings is 1. The van der Waals surface area contributed by atoms with E-state index >= 15 is 0 Å². The molecule has 1 aromatic carbocycles. The summed E-state index contributed by atoms with van der Waals surface area (Å²) < 4.78 is 38.2. The van der Waals surface area contributed by atoms with E-state index < -0.39 is 17.2 Å².